The number of ether oxygens (including phenoxy) is 3. The van der Waals surface area contributed by atoms with Gasteiger partial charge in [0.2, 0.25) is 0 Å². The van der Waals surface area contributed by atoms with Gasteiger partial charge in [-0.1, -0.05) is 55.5 Å². The fourth-order valence-corrected chi connectivity index (χ4v) is 5.35. The molecule has 0 spiro atoms. The third-order valence-corrected chi connectivity index (χ3v) is 7.79. The van der Waals surface area contributed by atoms with Crippen LogP contribution in [0.15, 0.2) is 79.0 Å². The van der Waals surface area contributed by atoms with Crippen LogP contribution in [0.3, 0.4) is 0 Å². The smallest absolute Gasteiger partial charge is 0.275 e. The van der Waals surface area contributed by atoms with Gasteiger partial charge in [-0.3, -0.25) is 14.7 Å². The summed E-state index contributed by atoms with van der Waals surface area (Å²) in [5, 5.41) is 12.4. The number of hydrogen-bond donors (Lipinski definition) is 2. The summed E-state index contributed by atoms with van der Waals surface area (Å²) >= 11 is 0. The Morgan fingerprint density at radius 1 is 0.951 bits per heavy atom. The van der Waals surface area contributed by atoms with E-state index in [4.69, 9.17) is 14.2 Å². The molecule has 2 N–H and O–H groups in total. The zero-order valence-corrected chi connectivity index (χ0v) is 23.0. The van der Waals surface area contributed by atoms with E-state index < -0.39 is 6.29 Å². The van der Waals surface area contributed by atoms with Gasteiger partial charge in [-0.25, -0.2) is 4.98 Å². The van der Waals surface area contributed by atoms with Gasteiger partial charge in [0.15, 0.2) is 6.29 Å². The molecular formula is C32H34N4O5. The van der Waals surface area contributed by atoms with E-state index >= 15 is 0 Å². The number of amides is 1. The number of benzene rings is 3. The number of morpholine rings is 1. The number of nitrogens with one attached hydrogen (secondary N) is 1. The quantitative estimate of drug-likeness (QED) is 0.344. The maximum absolute atomic E-state index is 12.9. The molecule has 2 aliphatic rings. The molecule has 2 fully saturated rings. The molecule has 1 aromatic heterocycles. The molecule has 9 nitrogen and oxygen atoms in total. The van der Waals surface area contributed by atoms with Gasteiger partial charge >= 0.3 is 0 Å². The highest BCUT2D eigenvalue weighted by molar-refractivity contribution is 6.03. The third kappa shape index (κ3) is 6.29. The summed E-state index contributed by atoms with van der Waals surface area (Å²) in [7, 11) is 0. The van der Waals surface area contributed by atoms with E-state index in [1.165, 1.54) is 6.20 Å². The van der Waals surface area contributed by atoms with Gasteiger partial charge in [0.25, 0.3) is 5.91 Å². The molecule has 0 unspecified atom stereocenters. The highest BCUT2D eigenvalue weighted by Crippen LogP contribution is 2.42. The number of carbonyl (C=O) groups excluding carboxylic acids is 1. The second-order valence-corrected chi connectivity index (χ2v) is 10.6. The van der Waals surface area contributed by atoms with Crippen LogP contribution in [-0.4, -0.2) is 64.8 Å². The van der Waals surface area contributed by atoms with Crippen LogP contribution in [0, 0.1) is 5.92 Å². The average molecular weight is 555 g/mol. The van der Waals surface area contributed by atoms with Crippen molar-refractivity contribution in [2.24, 2.45) is 5.92 Å². The molecular weight excluding hydrogens is 520 g/mol. The summed E-state index contributed by atoms with van der Waals surface area (Å²) in [5.41, 5.74) is 5.08. The molecule has 0 aliphatic carbocycles. The normalized spacial score (nSPS) is 23.4. The molecule has 0 bridgehead atoms. The fraction of sp³-hybridized carbons (Fsp3) is 0.344. The monoisotopic (exact) mass is 554 g/mol. The highest BCUT2D eigenvalue weighted by atomic mass is 16.7. The fourth-order valence-electron chi connectivity index (χ4n) is 5.35. The Morgan fingerprint density at radius 2 is 1.66 bits per heavy atom. The lowest BCUT2D eigenvalue weighted by atomic mass is 9.90. The van der Waals surface area contributed by atoms with E-state index in [9.17, 15) is 9.90 Å². The second kappa shape index (κ2) is 12.4. The first kappa shape index (κ1) is 27.4. The molecule has 0 saturated carbocycles. The number of hydrogen-bond acceptors (Lipinski definition) is 8. The molecule has 212 valence electrons. The lowest BCUT2D eigenvalue weighted by Crippen LogP contribution is -2.47. The van der Waals surface area contributed by atoms with Crippen molar-refractivity contribution in [3.8, 4) is 0 Å². The van der Waals surface area contributed by atoms with E-state index in [-0.39, 0.29) is 36.3 Å². The van der Waals surface area contributed by atoms with Crippen molar-refractivity contribution < 1.29 is 24.1 Å². The van der Waals surface area contributed by atoms with E-state index in [1.807, 2.05) is 72.8 Å². The van der Waals surface area contributed by atoms with Crippen LogP contribution >= 0.6 is 0 Å². The van der Waals surface area contributed by atoms with Gasteiger partial charge in [-0.05, 0) is 35.4 Å². The number of aromatic nitrogens is 2. The summed E-state index contributed by atoms with van der Waals surface area (Å²) in [6, 6.07) is 22.9. The summed E-state index contributed by atoms with van der Waals surface area (Å²) < 4.78 is 18.7. The lowest BCUT2D eigenvalue weighted by molar-refractivity contribution is -0.277. The van der Waals surface area contributed by atoms with Crippen molar-refractivity contribution in [2.45, 2.75) is 32.0 Å². The van der Waals surface area contributed by atoms with E-state index in [2.05, 4.69) is 27.1 Å². The predicted molar refractivity (Wildman–Crippen MR) is 154 cm³/mol. The molecule has 9 heteroatoms. The van der Waals surface area contributed by atoms with Crippen LogP contribution in [-0.2, 0) is 20.8 Å². The van der Waals surface area contributed by atoms with E-state index in [0.717, 1.165) is 55.1 Å². The minimum Gasteiger partial charge on any atom is -0.392 e. The molecule has 41 heavy (non-hydrogen) atoms. The standard InChI is InChI=1S/C32H34N4O5/c1-21-29(19-36-14-16-39-17-15-36)40-32(41-30(21)23-8-6-22(20-37)7-9-23)24-10-12-25(13-11-24)34-31(38)28-18-33-26-4-2-3-5-27(26)35-28/h2-13,18,21,29-30,32,37H,14-17,19-20H2,1H3,(H,34,38)/t21-,29+,30+,32+/m1/s1. The minimum atomic E-state index is -0.573. The molecule has 0 radical (unpaired) electrons. The van der Waals surface area contributed by atoms with Gasteiger partial charge in [-0.2, -0.15) is 0 Å². The van der Waals surface area contributed by atoms with Crippen LogP contribution in [0.5, 0.6) is 0 Å². The summed E-state index contributed by atoms with van der Waals surface area (Å²) in [6.45, 7) is 6.17. The van der Waals surface area contributed by atoms with Crippen LogP contribution in [0.4, 0.5) is 5.69 Å². The Morgan fingerprint density at radius 3 is 2.39 bits per heavy atom. The van der Waals surface area contributed by atoms with Crippen molar-refractivity contribution in [3.05, 3.63) is 101 Å². The second-order valence-electron chi connectivity index (χ2n) is 10.6. The largest absolute Gasteiger partial charge is 0.392 e. The first-order valence-electron chi connectivity index (χ1n) is 14.0. The van der Waals surface area contributed by atoms with Crippen LogP contribution in [0.2, 0.25) is 0 Å². The number of para-hydroxylation sites is 2. The van der Waals surface area contributed by atoms with Crippen molar-refractivity contribution >= 4 is 22.6 Å². The summed E-state index contributed by atoms with van der Waals surface area (Å²) in [4.78, 5) is 24.0. The third-order valence-electron chi connectivity index (χ3n) is 7.79. The average Bonchev–Trinajstić information content (AvgIpc) is 3.03. The molecule has 4 atom stereocenters. The Hall–Kier alpha value is -3.73. The van der Waals surface area contributed by atoms with Gasteiger partial charge in [-0.15, -0.1) is 0 Å². The van der Waals surface area contributed by atoms with Crippen LogP contribution < -0.4 is 5.32 Å². The Labute approximate surface area is 239 Å². The predicted octanol–water partition coefficient (Wildman–Crippen LogP) is 4.50. The van der Waals surface area contributed by atoms with Gasteiger partial charge in [0.05, 0.1) is 49.3 Å². The van der Waals surface area contributed by atoms with Gasteiger partial charge in [0, 0.05) is 36.8 Å². The number of aliphatic hydroxyl groups excluding tert-OH is 1. The number of rotatable bonds is 7. The number of fused-ring (bicyclic) bond motifs is 1. The van der Waals surface area contributed by atoms with Crippen LogP contribution in [0.25, 0.3) is 11.0 Å². The molecule has 6 rings (SSSR count). The summed E-state index contributed by atoms with van der Waals surface area (Å²) in [5.74, 6) is -0.220. The van der Waals surface area contributed by atoms with Crippen LogP contribution in [0.1, 0.15) is 46.5 Å². The zero-order chi connectivity index (χ0) is 28.2. The molecule has 2 saturated heterocycles. The first-order chi connectivity index (χ1) is 20.1. The highest BCUT2D eigenvalue weighted by Gasteiger charge is 2.39. The van der Waals surface area contributed by atoms with E-state index in [0.29, 0.717) is 11.2 Å². The number of aliphatic hydroxyl groups is 1. The summed E-state index contributed by atoms with van der Waals surface area (Å²) in [6.07, 6.45) is 0.674. The zero-order valence-electron chi connectivity index (χ0n) is 23.0. The maximum atomic E-state index is 12.9. The topological polar surface area (TPSA) is 106 Å². The van der Waals surface area contributed by atoms with E-state index in [1.54, 1.807) is 0 Å². The molecule has 4 aromatic rings. The lowest BCUT2D eigenvalue weighted by Gasteiger charge is -2.43. The molecule has 3 heterocycles. The Bertz CT molecular complexity index is 1470. The maximum Gasteiger partial charge on any atom is 0.275 e. The first-order valence-corrected chi connectivity index (χ1v) is 14.0. The van der Waals surface area contributed by atoms with Crippen molar-refractivity contribution in [3.63, 3.8) is 0 Å². The molecule has 3 aromatic carbocycles. The number of carbonyl (C=O) groups is 1. The Balaban J connectivity index is 1.19. The number of nitrogens with zero attached hydrogens (tertiary/aromatic N) is 3. The molecule has 1 amide bonds. The minimum absolute atomic E-state index is 0.00305. The Kier molecular flexibility index (Phi) is 8.31. The number of anilines is 1. The van der Waals surface area contributed by atoms with Crippen molar-refractivity contribution in [2.75, 3.05) is 38.2 Å². The molecule has 2 aliphatic heterocycles. The van der Waals surface area contributed by atoms with Crippen molar-refractivity contribution in [1.82, 2.24) is 14.9 Å². The van der Waals surface area contributed by atoms with Gasteiger partial charge < -0.3 is 24.6 Å². The SMILES string of the molecule is C[C@@H]1[C@H](CN2CCOCC2)O[C@H](c2ccc(NC(=O)c3cnc4ccccc4n3)cc2)O[C@@H]1c1ccc(CO)cc1. The van der Waals surface area contributed by atoms with Crippen molar-refractivity contribution in [1.29, 1.82) is 0 Å². The van der Waals surface area contributed by atoms with Gasteiger partial charge in [0.1, 0.15) is 5.69 Å².